The third-order valence-corrected chi connectivity index (χ3v) is 20.5. The van der Waals surface area contributed by atoms with E-state index in [0.29, 0.717) is 81.4 Å². The molecule has 10 heterocycles. The lowest BCUT2D eigenvalue weighted by Gasteiger charge is -2.10. The zero-order valence-corrected chi connectivity index (χ0v) is 70.9. The monoisotopic (exact) mass is 1620 g/mol. The minimum absolute atomic E-state index is 0.535. The summed E-state index contributed by atoms with van der Waals surface area (Å²) in [5, 5.41) is 0. The molecule has 19 rings (SSSR count). The topological polar surface area (TPSA) is 258 Å². The molecule has 0 unspecified atom stereocenters. The Kier molecular flexibility index (Phi) is 23.6. The molecule has 0 aliphatic rings. The van der Waals surface area contributed by atoms with Crippen LogP contribution in [0.4, 0.5) is 0 Å². The highest BCUT2D eigenvalue weighted by Crippen LogP contribution is 2.35. The van der Waals surface area contributed by atoms with Crippen molar-refractivity contribution >= 4 is 0 Å². The van der Waals surface area contributed by atoms with E-state index in [4.69, 9.17) is 44.9 Å². The van der Waals surface area contributed by atoms with Crippen molar-refractivity contribution in [1.82, 2.24) is 99.7 Å². The van der Waals surface area contributed by atoms with E-state index in [2.05, 4.69) is 115 Å². The van der Waals surface area contributed by atoms with E-state index in [9.17, 15) is 0 Å². The van der Waals surface area contributed by atoms with Crippen LogP contribution in [0.2, 0.25) is 0 Å². The van der Waals surface area contributed by atoms with Gasteiger partial charge in [-0.15, -0.1) is 0 Å². The quantitative estimate of drug-likeness (QED) is 0.0870. The molecule has 0 aliphatic carbocycles. The lowest BCUT2D eigenvalue weighted by Crippen LogP contribution is -2.01. The molecule has 0 saturated carbocycles. The third-order valence-electron chi connectivity index (χ3n) is 20.5. The first kappa shape index (κ1) is 81.2. The van der Waals surface area contributed by atoms with Crippen LogP contribution in [0.25, 0.3) is 182 Å². The van der Waals surface area contributed by atoms with Gasteiger partial charge < -0.3 is 0 Å². The number of hydrogen-bond acceptors (Lipinski definition) is 20. The van der Waals surface area contributed by atoms with Crippen molar-refractivity contribution in [2.45, 2.75) is 76.2 Å². The summed E-state index contributed by atoms with van der Waals surface area (Å²) in [6.07, 6.45) is 0. The van der Waals surface area contributed by atoms with Gasteiger partial charge in [0.25, 0.3) is 0 Å². The van der Waals surface area contributed by atoms with E-state index in [0.717, 1.165) is 163 Å². The van der Waals surface area contributed by atoms with Gasteiger partial charge >= 0.3 is 0 Å². The third kappa shape index (κ3) is 19.6. The predicted octanol–water partition coefficient (Wildman–Crippen LogP) is 23.0. The second-order valence-electron chi connectivity index (χ2n) is 30.6. The number of aromatic nitrogens is 20. The molecular weight excluding hydrogens is 1540 g/mol. The maximum Gasteiger partial charge on any atom is 0.182 e. The molecule has 19 aromatic rings. The van der Waals surface area contributed by atoms with Crippen molar-refractivity contribution in [1.29, 1.82) is 0 Å². The van der Waals surface area contributed by atoms with Gasteiger partial charge in [-0.1, -0.05) is 249 Å². The van der Waals surface area contributed by atoms with Gasteiger partial charge in [0, 0.05) is 141 Å². The fourth-order valence-corrected chi connectivity index (χ4v) is 14.5. The summed E-state index contributed by atoms with van der Waals surface area (Å²) in [7, 11) is 0. The Bertz CT molecular complexity index is 6690. The van der Waals surface area contributed by atoms with E-state index >= 15 is 0 Å². The average Bonchev–Trinajstić information content (AvgIpc) is 0.796. The Labute approximate surface area is 725 Å². The molecule has 0 fully saturated rings. The second-order valence-corrected chi connectivity index (χ2v) is 30.6. The molecule has 0 atom stereocenters. The molecule has 604 valence electrons. The van der Waals surface area contributed by atoms with Crippen LogP contribution in [0.1, 0.15) is 62.6 Å². The number of hydrogen-bond donors (Lipinski definition) is 0. The molecule has 0 N–H and O–H groups in total. The average molecular weight is 1630 g/mol. The smallest absolute Gasteiger partial charge is 0.182 e. The number of rotatable bonds is 16. The van der Waals surface area contributed by atoms with Crippen LogP contribution in [0.5, 0.6) is 0 Å². The highest BCUT2D eigenvalue weighted by Gasteiger charge is 2.20. The van der Waals surface area contributed by atoms with E-state index in [1.165, 1.54) is 0 Å². The van der Waals surface area contributed by atoms with Gasteiger partial charge in [-0.2, -0.15) is 0 Å². The fourth-order valence-electron chi connectivity index (χ4n) is 14.5. The summed E-state index contributed by atoms with van der Waals surface area (Å²) in [5.74, 6) is 8.11. The first-order valence-corrected chi connectivity index (χ1v) is 41.1. The van der Waals surface area contributed by atoms with Crippen LogP contribution in [0, 0.1) is 76.2 Å². The van der Waals surface area contributed by atoms with Crippen LogP contribution in [0.3, 0.4) is 0 Å². The van der Waals surface area contributed by atoms with Gasteiger partial charge in [-0.3, -0.25) is 9.97 Å². The van der Waals surface area contributed by atoms with Gasteiger partial charge in [0.2, 0.25) is 0 Å². The number of nitrogens with zero attached hydrogens (tertiary/aromatic N) is 20. The lowest BCUT2D eigenvalue weighted by molar-refractivity contribution is 1.05. The van der Waals surface area contributed by atoms with E-state index in [1.54, 1.807) is 0 Å². The molecule has 0 aliphatic heterocycles. The molecule has 0 bridgehead atoms. The zero-order valence-electron chi connectivity index (χ0n) is 70.9. The Morgan fingerprint density at radius 1 is 0.104 bits per heavy atom. The van der Waals surface area contributed by atoms with Crippen LogP contribution in [-0.4, -0.2) is 99.7 Å². The standard InChI is InChI=1S/C39H31N7.C33H27N7.C33H26N6/c1-24-22-25(2)41-35(40-24)30-14-18-33(19-15-30)38-44-37(32-12-10-29(11-13-32)28-8-6-5-7-9-28)45-39(46-38)34-20-16-31(17-21-34)36-42-26(3)23-27(4)43-36;1-20-18-21(2)35-29(34-20)25-10-14-27(15-11-25)32-38-31(24-8-6-5-7-9-24)39-33(40-32)28-16-12-26(13-17-28)30-36-22(3)19-23(4)37-30;1-21-7-4-10-28(34-21)24-13-17-26(18-14-24)31-37-32(39-33(38-31)30-12-6-9-23(3)36-30)27-19-15-25(16-20-27)29-11-5-8-22(2)35-29/h5-23H,1-4H3;5-19H,1-4H3;4-20H,1-3H3. The molecule has 20 nitrogen and oxygen atoms in total. The summed E-state index contributed by atoms with van der Waals surface area (Å²) in [6, 6.07) is 103. The number of benzene rings is 9. The summed E-state index contributed by atoms with van der Waals surface area (Å²) in [6.45, 7) is 21.8. The highest BCUT2D eigenvalue weighted by molar-refractivity contribution is 5.76. The molecule has 20 heteroatoms. The molecule has 0 amide bonds. The van der Waals surface area contributed by atoms with E-state index in [-0.39, 0.29) is 0 Å². The van der Waals surface area contributed by atoms with Crippen LogP contribution in [0.15, 0.2) is 309 Å². The maximum atomic E-state index is 4.94. The summed E-state index contributed by atoms with van der Waals surface area (Å²) in [4.78, 5) is 94.7. The van der Waals surface area contributed by atoms with Crippen molar-refractivity contribution < 1.29 is 0 Å². The van der Waals surface area contributed by atoms with Crippen molar-refractivity contribution in [3.63, 3.8) is 0 Å². The Hall–Kier alpha value is -16.2. The molecule has 9 aromatic carbocycles. The first-order chi connectivity index (χ1) is 60.8. The highest BCUT2D eigenvalue weighted by atomic mass is 15.1. The normalized spacial score (nSPS) is 11.0. The van der Waals surface area contributed by atoms with Crippen molar-refractivity contribution in [2.75, 3.05) is 0 Å². The molecular formula is C105H84N20. The van der Waals surface area contributed by atoms with E-state index < -0.39 is 0 Å². The largest absolute Gasteiger partial charge is 0.253 e. The summed E-state index contributed by atoms with van der Waals surface area (Å²) < 4.78 is 0. The lowest BCUT2D eigenvalue weighted by atomic mass is 10.0. The fraction of sp³-hybridized carbons (Fsp3) is 0.105. The van der Waals surface area contributed by atoms with Crippen LogP contribution < -0.4 is 0 Å². The molecule has 0 saturated heterocycles. The van der Waals surface area contributed by atoms with Crippen LogP contribution >= 0.6 is 0 Å². The zero-order chi connectivity index (χ0) is 86.0. The molecule has 10 aromatic heterocycles. The first-order valence-electron chi connectivity index (χ1n) is 41.1. The Balaban J connectivity index is 0.000000133. The SMILES string of the molecule is Cc1cc(C)nc(-c2ccc(-c3nc(-c4ccc(-c5ccccc5)cc4)nc(-c4ccc(-c5nc(C)cc(C)n5)cc4)n3)cc2)n1.Cc1cc(C)nc(-c2ccc(-c3nc(-c4ccccc4)nc(-c4ccc(-c5nc(C)cc(C)n5)cc4)n3)cc2)n1.Cc1cccc(-c2ccc(-c3nc(-c4ccc(-c5cccc(C)n5)cc4)nc(-c4cccc(C)n4)n3)cc2)n1. The minimum atomic E-state index is 0.535. The van der Waals surface area contributed by atoms with Gasteiger partial charge in [-0.25, -0.2) is 89.7 Å². The summed E-state index contributed by atoms with van der Waals surface area (Å²) in [5.41, 5.74) is 28.2. The Morgan fingerprint density at radius 3 is 0.488 bits per heavy atom. The molecule has 0 spiro atoms. The van der Waals surface area contributed by atoms with Gasteiger partial charge in [0.05, 0.1) is 11.4 Å². The van der Waals surface area contributed by atoms with Crippen molar-refractivity contribution in [3.05, 3.63) is 372 Å². The van der Waals surface area contributed by atoms with Gasteiger partial charge in [0.1, 0.15) is 5.69 Å². The number of aryl methyl sites for hydroxylation is 11. The second kappa shape index (κ2) is 36.4. The van der Waals surface area contributed by atoms with Crippen molar-refractivity contribution in [3.8, 4) is 182 Å². The van der Waals surface area contributed by atoms with E-state index in [1.807, 2.05) is 325 Å². The number of pyridine rings is 3. The molecule has 0 radical (unpaired) electrons. The minimum Gasteiger partial charge on any atom is -0.253 e. The Morgan fingerprint density at radius 2 is 0.264 bits per heavy atom. The van der Waals surface area contributed by atoms with Gasteiger partial charge in [-0.05, 0) is 148 Å². The van der Waals surface area contributed by atoms with Crippen molar-refractivity contribution in [2.24, 2.45) is 0 Å². The van der Waals surface area contributed by atoms with Crippen LogP contribution in [-0.2, 0) is 0 Å². The summed E-state index contributed by atoms with van der Waals surface area (Å²) >= 11 is 0. The predicted molar refractivity (Wildman–Crippen MR) is 494 cm³/mol. The molecule has 125 heavy (non-hydrogen) atoms. The van der Waals surface area contributed by atoms with Gasteiger partial charge in [0.15, 0.2) is 75.7 Å². The maximum absolute atomic E-state index is 4.94.